The molecule has 3 atom stereocenters. The number of halogens is 15. The monoisotopic (exact) mass is 2090 g/mol. The molecule has 3 fully saturated rings. The van der Waals surface area contributed by atoms with Gasteiger partial charge in [0.15, 0.2) is 23.3 Å². The van der Waals surface area contributed by atoms with Crippen molar-refractivity contribution in [3.8, 4) is 69.0 Å². The number of rotatable bonds is 15. The molecule has 27 nitrogen and oxygen atoms in total. The summed E-state index contributed by atoms with van der Waals surface area (Å²) in [4.78, 5) is 119. The maximum atomic E-state index is 15.6. The van der Waals surface area contributed by atoms with Crippen LogP contribution in [0.3, 0.4) is 0 Å². The van der Waals surface area contributed by atoms with Crippen LogP contribution in [0.25, 0.3) is 83.9 Å². The van der Waals surface area contributed by atoms with Crippen molar-refractivity contribution in [2.75, 3.05) is 90.8 Å². The van der Waals surface area contributed by atoms with Crippen molar-refractivity contribution in [3.05, 3.63) is 253 Å². The number of nitrogens with two attached hydrogens (primary N) is 3. The molecule has 138 heavy (non-hydrogen) atoms. The van der Waals surface area contributed by atoms with Gasteiger partial charge in [-0.2, -0.15) is 15.8 Å². The first-order chi connectivity index (χ1) is 65.2. The van der Waals surface area contributed by atoms with E-state index in [1.54, 1.807) is 58.4 Å². The van der Waals surface area contributed by atoms with Crippen LogP contribution in [0.15, 0.2) is 107 Å². The van der Waals surface area contributed by atoms with E-state index in [-0.39, 0.29) is 181 Å². The second-order valence-corrected chi connectivity index (χ2v) is 38.0. The number of nitriles is 3. The van der Waals surface area contributed by atoms with E-state index in [0.717, 1.165) is 0 Å². The topological polar surface area (TPSA) is 363 Å². The summed E-state index contributed by atoms with van der Waals surface area (Å²) in [6, 6.07) is 15.1. The molecule has 3 saturated heterocycles. The Bertz CT molecular complexity index is 6780. The molecule has 0 aliphatic carbocycles. The number of fused-ring (bicyclic) bond motifs is 3. The Labute approximate surface area is 843 Å². The minimum Gasteiger partial charge on any atom is -0.396 e. The van der Waals surface area contributed by atoms with Gasteiger partial charge in [0, 0.05) is 123 Å². The Morgan fingerprint density at radius 2 is 0.645 bits per heavy atom. The summed E-state index contributed by atoms with van der Waals surface area (Å²) in [5.74, 6) is -5.44. The first-order valence-corrected chi connectivity index (χ1v) is 46.7. The van der Waals surface area contributed by atoms with Gasteiger partial charge in [-0.05, 0) is 131 Å². The second kappa shape index (κ2) is 41.2. The SMILES string of the molecule is C=CC(=O)N1CCN(c2c(C#N)c(=O)n(-c3c(C)ccnc3C(C)C)c3nc(-c4c(N)c(F)c(Cl)c(Cl)c4Cl)c(Cl)cc23)C[C@H]1C.C=CC(=O)N1CCN(c2c(C#N)c(=O)n(-c3c(C)ccnc3C(C)C)c3nc(-c4c(N)c(F)c(Cl)c(Cl)c4Cl)c(Cl)cc23)C[C@H]1C.C=CC(=O)N1CCN(c2c(C#N)c(=O)n(-c3c(C)ccnc3C(C)C)c3nc(-c4c(N)c(F)c(Cl)c(Cl)c4F)c(Cl)cc23)C[C@H]1C. The lowest BCUT2D eigenvalue weighted by Crippen LogP contribution is -2.54. The molecule has 3 amide bonds. The Balaban J connectivity index is 0.000000175. The summed E-state index contributed by atoms with van der Waals surface area (Å²) >= 11 is 70.0. The van der Waals surface area contributed by atoms with Crippen LogP contribution in [0.5, 0.6) is 0 Å². The average molecular weight is 2090 g/mol. The van der Waals surface area contributed by atoms with E-state index in [4.69, 9.17) is 155 Å². The smallest absolute Gasteiger partial charge is 0.276 e. The predicted molar refractivity (Wildman–Crippen MR) is 541 cm³/mol. The number of piperazine rings is 3. The van der Waals surface area contributed by atoms with Gasteiger partial charge in [0.1, 0.15) is 56.9 Å². The number of anilines is 6. The Morgan fingerprint density at radius 1 is 0.399 bits per heavy atom. The minimum atomic E-state index is -1.16. The van der Waals surface area contributed by atoms with E-state index >= 15 is 17.6 Å². The van der Waals surface area contributed by atoms with Crippen molar-refractivity contribution in [3.63, 3.8) is 0 Å². The third kappa shape index (κ3) is 18.2. The molecular weight excluding hydrogens is 2010 g/mol. The summed E-state index contributed by atoms with van der Waals surface area (Å²) in [7, 11) is 0. The van der Waals surface area contributed by atoms with Gasteiger partial charge in [-0.25, -0.2) is 32.5 Å². The van der Waals surface area contributed by atoms with Crippen LogP contribution < -0.4 is 48.6 Å². The number of nitrogens with zero attached hydrogens (tertiary/aromatic N) is 18. The number of aryl methyl sites for hydroxylation is 3. The highest BCUT2D eigenvalue weighted by Crippen LogP contribution is 2.52. The van der Waals surface area contributed by atoms with E-state index < -0.39 is 82.7 Å². The van der Waals surface area contributed by atoms with Crippen LogP contribution in [0.4, 0.5) is 51.7 Å². The number of carbonyl (C=O) groups excluding carboxylic acids is 3. The zero-order valence-electron chi connectivity index (χ0n) is 75.8. The van der Waals surface area contributed by atoms with Crippen molar-refractivity contribution >= 4 is 213 Å². The van der Waals surface area contributed by atoms with Crippen molar-refractivity contribution in [1.29, 1.82) is 15.8 Å². The van der Waals surface area contributed by atoms with Crippen molar-refractivity contribution in [2.24, 2.45) is 0 Å². The fourth-order valence-electron chi connectivity index (χ4n) is 17.6. The third-order valence-electron chi connectivity index (χ3n) is 24.2. The predicted octanol–water partition coefficient (Wildman–Crippen LogP) is 21.4. The van der Waals surface area contributed by atoms with Gasteiger partial charge >= 0.3 is 0 Å². The number of amides is 3. The first-order valence-electron chi connectivity index (χ1n) is 42.6. The van der Waals surface area contributed by atoms with E-state index in [0.29, 0.717) is 112 Å². The van der Waals surface area contributed by atoms with Gasteiger partial charge in [0.25, 0.3) is 16.7 Å². The van der Waals surface area contributed by atoms with Gasteiger partial charge in [0.05, 0.1) is 141 Å². The normalized spacial score (nSPS) is 15.0. The van der Waals surface area contributed by atoms with Gasteiger partial charge in [-0.1, -0.05) is 189 Å². The molecule has 0 radical (unpaired) electrons. The number of carbonyl (C=O) groups is 3. The summed E-state index contributed by atoms with van der Waals surface area (Å²) in [5, 5.41) is 28.9. The summed E-state index contributed by atoms with van der Waals surface area (Å²) in [6.45, 7) is 35.9. The molecule has 3 aliphatic rings. The number of nitrogen functional groups attached to an aromatic ring is 3. The molecular formula is C96H84Cl11F4N21O6. The molecule has 9 aromatic heterocycles. The van der Waals surface area contributed by atoms with Crippen LogP contribution in [0.2, 0.25) is 55.2 Å². The number of pyridine rings is 9. The Kier molecular flexibility index (Phi) is 30.9. The fourth-order valence-corrected chi connectivity index (χ4v) is 20.1. The van der Waals surface area contributed by atoms with Gasteiger partial charge < -0.3 is 46.6 Å². The Morgan fingerprint density at radius 3 is 0.891 bits per heavy atom. The largest absolute Gasteiger partial charge is 0.396 e. The van der Waals surface area contributed by atoms with Crippen LogP contribution in [-0.4, -0.2) is 153 Å². The van der Waals surface area contributed by atoms with Gasteiger partial charge in [0.2, 0.25) is 17.7 Å². The van der Waals surface area contributed by atoms with Crippen molar-refractivity contribution < 1.29 is 31.9 Å². The second-order valence-electron chi connectivity index (χ2n) is 33.8. The lowest BCUT2D eigenvalue weighted by molar-refractivity contribution is -0.129. The lowest BCUT2D eigenvalue weighted by Gasteiger charge is -2.41. The maximum absolute atomic E-state index is 15.6. The number of hydrogen-bond acceptors (Lipinski definition) is 21. The molecule has 42 heteroatoms. The van der Waals surface area contributed by atoms with Crippen LogP contribution >= 0.6 is 128 Å². The van der Waals surface area contributed by atoms with Gasteiger partial charge in [-0.15, -0.1) is 0 Å². The molecule has 714 valence electrons. The van der Waals surface area contributed by atoms with Crippen LogP contribution in [0.1, 0.15) is 131 Å². The summed E-state index contributed by atoms with van der Waals surface area (Å²) in [5.41, 5.74) is 19.1. The quantitative estimate of drug-likeness (QED) is 0.0282. The molecule has 6 N–H and O–H groups in total. The fraction of sp³-hybridized carbons (Fsp3) is 0.281. The number of benzene rings is 3. The average Bonchev–Trinajstić information content (AvgIpc) is 0.726. The molecule has 0 bridgehead atoms. The summed E-state index contributed by atoms with van der Waals surface area (Å²) < 4.78 is 64.8. The number of aromatic nitrogens is 9. The zero-order chi connectivity index (χ0) is 101. The third-order valence-corrected chi connectivity index (χ3v) is 28.4. The first kappa shape index (κ1) is 103. The number of hydrogen-bond donors (Lipinski definition) is 3. The molecule has 12 aromatic rings. The van der Waals surface area contributed by atoms with Crippen molar-refractivity contribution in [1.82, 2.24) is 58.3 Å². The highest BCUT2D eigenvalue weighted by Gasteiger charge is 2.40. The maximum Gasteiger partial charge on any atom is 0.276 e. The molecule has 3 aliphatic heterocycles. The van der Waals surface area contributed by atoms with Crippen LogP contribution in [-0.2, 0) is 14.4 Å². The molecule has 0 spiro atoms. The Hall–Kier alpha value is -12.0. The standard InChI is InChI=1S/2C32H28Cl4FN7O2.C32H28Cl3F2N7O2/c2*1-6-20(45)43-10-9-42(13-16(43)5)30-17-11-19(33)28(21-22(34)23(35)24(36)25(37)26(21)39)41-31(17)44(32(46)18(30)12-38)29-15(4)7-8-40-27(29)14(2)3;1-6-20(45)43-10-9-42(13-16(43)5)30-17-11-19(33)28(21-24(36)22(34)23(35)25(37)26(21)39)41-31(17)44(32(46)18(30)12-38)29-15(4)7-8-40-27(29)14(2)3/h3*6-8,11,14,16H,1,9-10,13,39H2,2-5H3/t3*16-/m111/s1. The molecule has 12 heterocycles. The van der Waals surface area contributed by atoms with E-state index in [2.05, 4.69) is 57.9 Å². The van der Waals surface area contributed by atoms with E-state index in [9.17, 15) is 44.6 Å². The molecule has 3 aromatic carbocycles. The summed E-state index contributed by atoms with van der Waals surface area (Å²) in [6.07, 6.45) is 8.62. The molecule has 0 saturated carbocycles. The lowest BCUT2D eigenvalue weighted by atomic mass is 10.0. The van der Waals surface area contributed by atoms with Gasteiger partial charge in [-0.3, -0.25) is 57.4 Å². The van der Waals surface area contributed by atoms with E-state index in [1.165, 1.54) is 50.1 Å². The van der Waals surface area contributed by atoms with E-state index in [1.807, 2.05) is 90.9 Å². The van der Waals surface area contributed by atoms with Crippen molar-refractivity contribution in [2.45, 2.75) is 119 Å². The molecule has 15 rings (SSSR count). The highest BCUT2D eigenvalue weighted by atomic mass is 35.5. The zero-order valence-corrected chi connectivity index (χ0v) is 84.1. The van der Waals surface area contributed by atoms with Crippen LogP contribution in [0, 0.1) is 78.0 Å². The molecule has 0 unspecified atom stereocenters. The minimum absolute atomic E-state index is 0.00487. The highest BCUT2D eigenvalue weighted by molar-refractivity contribution is 6.51.